The third kappa shape index (κ3) is 2.84. The van der Waals surface area contributed by atoms with Crippen LogP contribution < -0.4 is 0 Å². The lowest BCUT2D eigenvalue weighted by atomic mass is 9.73. The number of carbonyl (C=O) groups excluding carboxylic acids is 3. The molecule has 2 fully saturated rings. The summed E-state index contributed by atoms with van der Waals surface area (Å²) in [6, 6.07) is 0. The Morgan fingerprint density at radius 2 is 2.05 bits per heavy atom. The maximum absolute atomic E-state index is 11.8. The monoisotopic (exact) mass is 282 g/mol. The topological polar surface area (TPSA) is 78.9 Å². The molecule has 1 heterocycles. The molecule has 4 atom stereocenters. The molecule has 110 valence electrons. The van der Waals surface area contributed by atoms with Crippen molar-refractivity contribution in [2.45, 2.75) is 38.4 Å². The van der Waals surface area contributed by atoms with E-state index < -0.39 is 24.1 Å². The molecule has 2 bridgehead atoms. The number of ether oxygens (including phenoxy) is 3. The largest absolute Gasteiger partial charge is 0.469 e. The van der Waals surface area contributed by atoms with E-state index in [0.717, 1.165) is 0 Å². The van der Waals surface area contributed by atoms with Crippen LogP contribution in [0, 0.1) is 11.8 Å². The Labute approximate surface area is 117 Å². The number of rotatable bonds is 3. The highest BCUT2D eigenvalue weighted by atomic mass is 16.6. The minimum atomic E-state index is -0.621. The first kappa shape index (κ1) is 14.6. The van der Waals surface area contributed by atoms with Gasteiger partial charge in [0, 0.05) is 18.4 Å². The summed E-state index contributed by atoms with van der Waals surface area (Å²) in [5, 5.41) is 0. The van der Waals surface area contributed by atoms with Crippen LogP contribution in [0.1, 0.15) is 26.2 Å². The van der Waals surface area contributed by atoms with Gasteiger partial charge in [-0.2, -0.15) is 0 Å². The van der Waals surface area contributed by atoms with Crippen LogP contribution in [0.25, 0.3) is 0 Å². The van der Waals surface area contributed by atoms with E-state index in [1.807, 2.05) is 0 Å². The lowest BCUT2D eigenvalue weighted by Crippen LogP contribution is -2.50. The number of methoxy groups -OCH3 is 1. The zero-order valence-corrected chi connectivity index (χ0v) is 11.6. The van der Waals surface area contributed by atoms with Crippen molar-refractivity contribution in [3.8, 4) is 0 Å². The second kappa shape index (κ2) is 5.64. The molecular weight excluding hydrogens is 264 g/mol. The fourth-order valence-electron chi connectivity index (χ4n) is 2.79. The summed E-state index contributed by atoms with van der Waals surface area (Å²) in [6.07, 6.45) is -0.0694. The van der Waals surface area contributed by atoms with Crippen molar-refractivity contribution in [2.75, 3.05) is 7.11 Å². The summed E-state index contributed by atoms with van der Waals surface area (Å²) in [7, 11) is 1.31. The maximum Gasteiger partial charge on any atom is 0.333 e. The third-order valence-electron chi connectivity index (χ3n) is 3.83. The minimum Gasteiger partial charge on any atom is -0.469 e. The zero-order valence-electron chi connectivity index (χ0n) is 11.6. The number of hydrogen-bond donors (Lipinski definition) is 0. The van der Waals surface area contributed by atoms with E-state index in [4.69, 9.17) is 14.2 Å². The number of fused-ring (bicyclic) bond motifs is 2. The molecule has 0 radical (unpaired) electrons. The molecule has 20 heavy (non-hydrogen) atoms. The fourth-order valence-corrected chi connectivity index (χ4v) is 2.79. The van der Waals surface area contributed by atoms with E-state index in [1.54, 1.807) is 6.92 Å². The Morgan fingerprint density at radius 1 is 1.35 bits per heavy atom. The van der Waals surface area contributed by atoms with Crippen molar-refractivity contribution in [3.63, 3.8) is 0 Å². The van der Waals surface area contributed by atoms with Crippen LogP contribution in [0.5, 0.6) is 0 Å². The molecule has 0 aromatic heterocycles. The van der Waals surface area contributed by atoms with Crippen molar-refractivity contribution < 1.29 is 28.6 Å². The van der Waals surface area contributed by atoms with Gasteiger partial charge < -0.3 is 14.2 Å². The molecule has 0 aromatic rings. The van der Waals surface area contributed by atoms with Gasteiger partial charge in [0.25, 0.3) is 0 Å². The van der Waals surface area contributed by atoms with Crippen LogP contribution >= 0.6 is 0 Å². The van der Waals surface area contributed by atoms with Gasteiger partial charge >= 0.3 is 17.9 Å². The van der Waals surface area contributed by atoms with Gasteiger partial charge in [0.15, 0.2) is 0 Å². The second-order valence-electron chi connectivity index (χ2n) is 5.32. The quantitative estimate of drug-likeness (QED) is 0.436. The first-order valence-corrected chi connectivity index (χ1v) is 6.56. The van der Waals surface area contributed by atoms with Crippen molar-refractivity contribution >= 4 is 17.9 Å². The van der Waals surface area contributed by atoms with Gasteiger partial charge in [0.2, 0.25) is 0 Å². The van der Waals surface area contributed by atoms with E-state index in [2.05, 4.69) is 6.58 Å². The molecule has 1 saturated carbocycles. The van der Waals surface area contributed by atoms with Gasteiger partial charge in [0.1, 0.15) is 12.2 Å². The molecule has 2 rings (SSSR count). The predicted octanol–water partition coefficient (Wildman–Crippen LogP) is 0.989. The third-order valence-corrected chi connectivity index (χ3v) is 3.83. The molecule has 4 unspecified atom stereocenters. The molecule has 1 aliphatic heterocycles. The Kier molecular flexibility index (Phi) is 4.11. The summed E-state index contributed by atoms with van der Waals surface area (Å²) < 4.78 is 15.3. The smallest absolute Gasteiger partial charge is 0.333 e. The van der Waals surface area contributed by atoms with Crippen LogP contribution in [-0.2, 0) is 28.6 Å². The van der Waals surface area contributed by atoms with Gasteiger partial charge in [-0.3, -0.25) is 9.59 Å². The highest BCUT2D eigenvalue weighted by Crippen LogP contribution is 2.40. The van der Waals surface area contributed by atoms with E-state index in [9.17, 15) is 14.4 Å². The van der Waals surface area contributed by atoms with Crippen LogP contribution in [0.15, 0.2) is 12.2 Å². The predicted molar refractivity (Wildman–Crippen MR) is 67.4 cm³/mol. The summed E-state index contributed by atoms with van der Waals surface area (Å²) in [6.45, 7) is 5.05. The van der Waals surface area contributed by atoms with Crippen molar-refractivity contribution in [2.24, 2.45) is 11.8 Å². The Hall–Kier alpha value is -1.85. The molecule has 0 spiro atoms. The Balaban J connectivity index is 2.15. The van der Waals surface area contributed by atoms with Crippen LogP contribution in [0.2, 0.25) is 0 Å². The lowest BCUT2D eigenvalue weighted by molar-refractivity contribution is -0.189. The Morgan fingerprint density at radius 3 is 2.65 bits per heavy atom. The summed E-state index contributed by atoms with van der Waals surface area (Å²) in [5.41, 5.74) is 0.267. The normalized spacial score (nSPS) is 32.0. The van der Waals surface area contributed by atoms with E-state index in [1.165, 1.54) is 7.11 Å². The molecule has 6 nitrogen and oxygen atoms in total. The first-order chi connectivity index (χ1) is 9.42. The van der Waals surface area contributed by atoms with Gasteiger partial charge in [-0.05, 0) is 19.3 Å². The molecule has 2 aliphatic rings. The highest BCUT2D eigenvalue weighted by Gasteiger charge is 2.48. The molecule has 0 amide bonds. The summed E-state index contributed by atoms with van der Waals surface area (Å²) in [4.78, 5) is 35.0. The zero-order chi connectivity index (χ0) is 14.9. The van der Waals surface area contributed by atoms with Crippen molar-refractivity contribution in [3.05, 3.63) is 12.2 Å². The first-order valence-electron chi connectivity index (χ1n) is 6.56. The highest BCUT2D eigenvalue weighted by molar-refractivity contribution is 5.87. The molecule has 0 N–H and O–H groups in total. The van der Waals surface area contributed by atoms with Gasteiger partial charge in [-0.25, -0.2) is 4.79 Å². The molecule has 6 heteroatoms. The number of esters is 3. The number of hydrogen-bond acceptors (Lipinski definition) is 6. The van der Waals surface area contributed by atoms with Crippen molar-refractivity contribution in [1.29, 1.82) is 0 Å². The SMILES string of the molecule is C=C(C)C(=O)OC1CC(C(=O)OC)C2CC(=O)OC1C2. The molecule has 0 aromatic carbocycles. The van der Waals surface area contributed by atoms with Crippen LogP contribution in [0.4, 0.5) is 0 Å². The van der Waals surface area contributed by atoms with Crippen molar-refractivity contribution in [1.82, 2.24) is 0 Å². The summed E-state index contributed by atoms with van der Waals surface area (Å²) >= 11 is 0. The molecular formula is C14H18O6. The molecule has 1 aliphatic carbocycles. The van der Waals surface area contributed by atoms with E-state index >= 15 is 0 Å². The minimum absolute atomic E-state index is 0.103. The molecule has 1 saturated heterocycles. The van der Waals surface area contributed by atoms with Crippen LogP contribution in [0.3, 0.4) is 0 Å². The average molecular weight is 282 g/mol. The van der Waals surface area contributed by atoms with E-state index in [0.29, 0.717) is 12.8 Å². The van der Waals surface area contributed by atoms with Crippen LogP contribution in [-0.4, -0.2) is 37.2 Å². The Bertz CT molecular complexity index is 455. The number of carbonyl (C=O) groups is 3. The van der Waals surface area contributed by atoms with E-state index in [-0.39, 0.29) is 29.9 Å². The lowest BCUT2D eigenvalue weighted by Gasteiger charge is -2.42. The standard InChI is InChI=1S/C14H18O6/c1-7(2)13(16)20-11-6-9(14(17)18-3)8-4-10(11)19-12(15)5-8/h8-11H,1,4-6H2,2-3H3. The average Bonchev–Trinajstić information content (AvgIpc) is 2.40. The maximum atomic E-state index is 11.8. The second-order valence-corrected chi connectivity index (χ2v) is 5.32. The fraction of sp³-hybridized carbons (Fsp3) is 0.643. The van der Waals surface area contributed by atoms with Gasteiger partial charge in [-0.15, -0.1) is 0 Å². The van der Waals surface area contributed by atoms with Gasteiger partial charge in [-0.1, -0.05) is 6.58 Å². The van der Waals surface area contributed by atoms with Gasteiger partial charge in [0.05, 0.1) is 13.0 Å². The summed E-state index contributed by atoms with van der Waals surface area (Å²) in [5.74, 6) is -1.82.